The summed E-state index contributed by atoms with van der Waals surface area (Å²) < 4.78 is 6.92. The summed E-state index contributed by atoms with van der Waals surface area (Å²) in [6.07, 6.45) is 13.6. The number of nitrogens with zero attached hydrogens (tertiary/aromatic N) is 2. The number of hydrogen-bond donors (Lipinski definition) is 0. The van der Waals surface area contributed by atoms with Crippen molar-refractivity contribution in [1.29, 1.82) is 0 Å². The van der Waals surface area contributed by atoms with Gasteiger partial charge in [0, 0.05) is 31.6 Å². The van der Waals surface area contributed by atoms with Crippen molar-refractivity contribution in [3.63, 3.8) is 0 Å². The summed E-state index contributed by atoms with van der Waals surface area (Å²) in [4.78, 5) is 29.9. The first-order valence-electron chi connectivity index (χ1n) is 13.3. The number of piperidine rings is 1. The van der Waals surface area contributed by atoms with Crippen molar-refractivity contribution >= 4 is 46.2 Å². The fraction of sp³-hybridized carbons (Fsp3) is 0.607. The SMILES string of the molecule is CC1CCN(C(=O)CCCCCN2C(=O)/C(=C/c3ccccc3OC3CCCCC3)SC2=S)CC1. The number of amides is 2. The van der Waals surface area contributed by atoms with Crippen LogP contribution >= 0.6 is 24.0 Å². The third-order valence-electron chi connectivity index (χ3n) is 7.33. The smallest absolute Gasteiger partial charge is 0.266 e. The minimum Gasteiger partial charge on any atom is -0.490 e. The van der Waals surface area contributed by atoms with E-state index in [4.69, 9.17) is 17.0 Å². The zero-order valence-corrected chi connectivity index (χ0v) is 22.5. The van der Waals surface area contributed by atoms with Gasteiger partial charge in [-0.25, -0.2) is 0 Å². The van der Waals surface area contributed by atoms with Crippen molar-refractivity contribution in [3.8, 4) is 5.75 Å². The lowest BCUT2D eigenvalue weighted by atomic mass is 9.97. The van der Waals surface area contributed by atoms with E-state index >= 15 is 0 Å². The number of carbonyl (C=O) groups is 2. The van der Waals surface area contributed by atoms with E-state index in [0.717, 1.165) is 75.3 Å². The second kappa shape index (κ2) is 12.9. The van der Waals surface area contributed by atoms with Gasteiger partial charge in [-0.2, -0.15) is 0 Å². The molecule has 3 fully saturated rings. The minimum atomic E-state index is -0.0222. The molecule has 1 saturated carbocycles. The number of para-hydroxylation sites is 1. The number of hydrogen-bond acceptors (Lipinski definition) is 5. The molecule has 2 heterocycles. The van der Waals surface area contributed by atoms with Gasteiger partial charge >= 0.3 is 0 Å². The number of benzene rings is 1. The summed E-state index contributed by atoms with van der Waals surface area (Å²) in [6, 6.07) is 7.96. The van der Waals surface area contributed by atoms with Crippen LogP contribution < -0.4 is 4.74 Å². The highest BCUT2D eigenvalue weighted by Crippen LogP contribution is 2.35. The lowest BCUT2D eigenvalue weighted by molar-refractivity contribution is -0.132. The predicted octanol–water partition coefficient (Wildman–Crippen LogP) is 6.42. The summed E-state index contributed by atoms with van der Waals surface area (Å²) in [5.74, 6) is 1.83. The second-order valence-corrected chi connectivity index (χ2v) is 11.8. The summed E-state index contributed by atoms with van der Waals surface area (Å²) >= 11 is 6.90. The largest absolute Gasteiger partial charge is 0.490 e. The van der Waals surface area contributed by atoms with Crippen molar-refractivity contribution in [2.75, 3.05) is 19.6 Å². The number of rotatable bonds is 9. The molecular weight excluding hydrogens is 476 g/mol. The van der Waals surface area contributed by atoms with Crippen molar-refractivity contribution < 1.29 is 14.3 Å². The van der Waals surface area contributed by atoms with Gasteiger partial charge in [0.25, 0.3) is 5.91 Å². The maximum atomic E-state index is 13.1. The molecule has 1 aliphatic carbocycles. The Balaban J connectivity index is 1.25. The Morgan fingerprint density at radius 3 is 2.60 bits per heavy atom. The molecule has 0 bridgehead atoms. The van der Waals surface area contributed by atoms with Gasteiger partial charge in [0.05, 0.1) is 11.0 Å². The van der Waals surface area contributed by atoms with E-state index in [0.29, 0.717) is 22.2 Å². The normalized spacial score (nSPS) is 21.2. The number of thiocarbonyl (C=S) groups is 1. The highest BCUT2D eigenvalue weighted by atomic mass is 32.2. The van der Waals surface area contributed by atoms with Crippen LogP contribution in [0.1, 0.15) is 83.1 Å². The number of carbonyl (C=O) groups excluding carboxylic acids is 2. The zero-order chi connectivity index (χ0) is 24.6. The molecule has 0 atom stereocenters. The van der Waals surface area contributed by atoms with E-state index in [-0.39, 0.29) is 17.9 Å². The summed E-state index contributed by atoms with van der Waals surface area (Å²) in [6.45, 7) is 4.67. The molecule has 2 amide bonds. The van der Waals surface area contributed by atoms with Crippen LogP contribution in [0.4, 0.5) is 0 Å². The van der Waals surface area contributed by atoms with E-state index in [1.54, 1.807) is 4.90 Å². The van der Waals surface area contributed by atoms with Gasteiger partial charge in [-0.1, -0.05) is 61.9 Å². The predicted molar refractivity (Wildman–Crippen MR) is 147 cm³/mol. The van der Waals surface area contributed by atoms with Gasteiger partial charge in [0.2, 0.25) is 5.91 Å². The van der Waals surface area contributed by atoms with E-state index in [9.17, 15) is 9.59 Å². The van der Waals surface area contributed by atoms with Crippen LogP contribution in [0.2, 0.25) is 0 Å². The molecule has 5 nitrogen and oxygen atoms in total. The zero-order valence-electron chi connectivity index (χ0n) is 20.9. The van der Waals surface area contributed by atoms with Crippen LogP contribution in [0.15, 0.2) is 29.2 Å². The molecule has 0 N–H and O–H groups in total. The summed E-state index contributed by atoms with van der Waals surface area (Å²) in [5.41, 5.74) is 0.934. The average molecular weight is 515 g/mol. The second-order valence-electron chi connectivity index (χ2n) is 10.1. The molecule has 4 rings (SSSR count). The molecule has 0 spiro atoms. The highest BCUT2D eigenvalue weighted by Gasteiger charge is 2.32. The Hall–Kier alpha value is -1.86. The monoisotopic (exact) mass is 514 g/mol. The Kier molecular flexibility index (Phi) is 9.67. The standard InChI is InChI=1S/C28H38N2O3S2/c1-21-15-18-29(19-16-21)26(31)14-6-3-9-17-30-27(32)25(35-28(30)34)20-22-10-7-8-13-24(22)33-23-11-4-2-5-12-23/h7-8,10,13,20-21,23H,2-6,9,11-12,14-19H2,1H3/b25-20-. The fourth-order valence-corrected chi connectivity index (χ4v) is 6.34. The van der Waals surface area contributed by atoms with Gasteiger partial charge in [-0.15, -0.1) is 0 Å². The van der Waals surface area contributed by atoms with Crippen LogP contribution in [0, 0.1) is 5.92 Å². The fourth-order valence-electron chi connectivity index (χ4n) is 5.04. The van der Waals surface area contributed by atoms with E-state index < -0.39 is 0 Å². The Morgan fingerprint density at radius 2 is 1.83 bits per heavy atom. The molecule has 0 radical (unpaired) electrons. The van der Waals surface area contributed by atoms with Crippen LogP contribution in [0.5, 0.6) is 5.75 Å². The Morgan fingerprint density at radius 1 is 1.09 bits per heavy atom. The number of ether oxygens (including phenoxy) is 1. The molecule has 0 unspecified atom stereocenters. The molecule has 1 aromatic carbocycles. The van der Waals surface area contributed by atoms with Gasteiger partial charge in [-0.3, -0.25) is 14.5 Å². The lowest BCUT2D eigenvalue weighted by Gasteiger charge is -2.30. The van der Waals surface area contributed by atoms with Crippen LogP contribution in [0.25, 0.3) is 6.08 Å². The lowest BCUT2D eigenvalue weighted by Crippen LogP contribution is -2.37. The minimum absolute atomic E-state index is 0.0222. The number of unbranched alkanes of at least 4 members (excludes halogenated alkanes) is 2. The van der Waals surface area contributed by atoms with Crippen molar-refractivity contribution in [3.05, 3.63) is 34.7 Å². The molecular formula is C28H38N2O3S2. The van der Waals surface area contributed by atoms with Gasteiger partial charge in [-0.05, 0) is 69.4 Å². The summed E-state index contributed by atoms with van der Waals surface area (Å²) in [5, 5.41) is 0. The van der Waals surface area contributed by atoms with Crippen LogP contribution in [-0.4, -0.2) is 51.7 Å². The average Bonchev–Trinajstić information content (AvgIpc) is 3.13. The van der Waals surface area contributed by atoms with Crippen molar-refractivity contribution in [2.45, 2.75) is 83.7 Å². The highest BCUT2D eigenvalue weighted by molar-refractivity contribution is 8.26. The van der Waals surface area contributed by atoms with Gasteiger partial charge < -0.3 is 9.64 Å². The van der Waals surface area contributed by atoms with Crippen LogP contribution in [-0.2, 0) is 9.59 Å². The molecule has 7 heteroatoms. The third kappa shape index (κ3) is 7.32. The van der Waals surface area contributed by atoms with E-state index in [1.807, 2.05) is 35.2 Å². The summed E-state index contributed by atoms with van der Waals surface area (Å²) in [7, 11) is 0. The number of thioether (sulfide) groups is 1. The molecule has 35 heavy (non-hydrogen) atoms. The number of likely N-dealkylation sites (tertiary alicyclic amines) is 1. The first-order valence-corrected chi connectivity index (χ1v) is 14.5. The van der Waals surface area contributed by atoms with Crippen molar-refractivity contribution in [1.82, 2.24) is 9.80 Å². The van der Waals surface area contributed by atoms with Gasteiger partial charge in [0.15, 0.2) is 0 Å². The molecule has 3 aliphatic rings. The third-order valence-corrected chi connectivity index (χ3v) is 8.71. The molecule has 1 aromatic rings. The van der Waals surface area contributed by atoms with Gasteiger partial charge in [0.1, 0.15) is 10.1 Å². The maximum absolute atomic E-state index is 13.1. The molecule has 190 valence electrons. The van der Waals surface area contributed by atoms with Crippen LogP contribution in [0.3, 0.4) is 0 Å². The van der Waals surface area contributed by atoms with Crippen molar-refractivity contribution in [2.24, 2.45) is 5.92 Å². The first-order chi connectivity index (χ1) is 17.0. The first kappa shape index (κ1) is 26.2. The molecule has 2 saturated heterocycles. The Labute approximate surface area is 219 Å². The maximum Gasteiger partial charge on any atom is 0.266 e. The molecule has 0 aromatic heterocycles. The molecule has 2 aliphatic heterocycles. The van der Waals surface area contributed by atoms with E-state index in [2.05, 4.69) is 6.92 Å². The Bertz CT molecular complexity index is 934. The van der Waals surface area contributed by atoms with E-state index in [1.165, 1.54) is 31.0 Å². The quantitative estimate of drug-likeness (QED) is 0.216. The topological polar surface area (TPSA) is 49.9 Å².